The fourth-order valence-electron chi connectivity index (χ4n) is 1.17. The molecule has 17 heavy (non-hydrogen) atoms. The predicted molar refractivity (Wildman–Crippen MR) is 69.0 cm³/mol. The molecule has 0 rings (SSSR count). The Kier molecular flexibility index (Phi) is 7.43. The van der Waals surface area contributed by atoms with E-state index >= 15 is 0 Å². The number of esters is 1. The van der Waals surface area contributed by atoms with Gasteiger partial charge in [0.1, 0.15) is 5.54 Å². The molecule has 6 heteroatoms. The van der Waals surface area contributed by atoms with Gasteiger partial charge in [-0.25, -0.2) is 4.79 Å². The van der Waals surface area contributed by atoms with Crippen LogP contribution in [0.4, 0.5) is 0 Å². The topological polar surface area (TPSA) is 81.4 Å². The zero-order valence-electron chi connectivity index (χ0n) is 11.1. The van der Waals surface area contributed by atoms with E-state index in [0.29, 0.717) is 6.61 Å². The van der Waals surface area contributed by atoms with Crippen LogP contribution >= 0.6 is 12.4 Å². The van der Waals surface area contributed by atoms with Crippen molar-refractivity contribution in [1.82, 2.24) is 5.32 Å². The molecule has 0 atom stereocenters. The second-order valence-electron chi connectivity index (χ2n) is 5.06. The summed E-state index contributed by atoms with van der Waals surface area (Å²) in [7, 11) is 0. The Morgan fingerprint density at radius 3 is 2.06 bits per heavy atom. The molecule has 0 saturated carbocycles. The van der Waals surface area contributed by atoms with Crippen LogP contribution in [-0.4, -0.2) is 29.6 Å². The minimum absolute atomic E-state index is 0. The van der Waals surface area contributed by atoms with E-state index in [-0.39, 0.29) is 24.7 Å². The van der Waals surface area contributed by atoms with Crippen molar-refractivity contribution in [1.29, 1.82) is 0 Å². The van der Waals surface area contributed by atoms with Crippen LogP contribution in [0.25, 0.3) is 0 Å². The average molecular weight is 267 g/mol. The minimum Gasteiger partial charge on any atom is -0.464 e. The number of rotatable bonds is 5. The molecule has 3 N–H and O–H groups in total. The first-order valence-electron chi connectivity index (χ1n) is 5.35. The third kappa shape index (κ3) is 7.99. The summed E-state index contributed by atoms with van der Waals surface area (Å²) in [4.78, 5) is 23.1. The monoisotopic (exact) mass is 266 g/mol. The average Bonchev–Trinajstić information content (AvgIpc) is 1.99. The number of ether oxygens (including phenoxy) is 1. The largest absolute Gasteiger partial charge is 0.464 e. The maximum Gasteiger partial charge on any atom is 0.331 e. The summed E-state index contributed by atoms with van der Waals surface area (Å²) in [5.41, 5.74) is 4.11. The summed E-state index contributed by atoms with van der Waals surface area (Å²) in [6.45, 7) is 8.73. The fourth-order valence-corrected chi connectivity index (χ4v) is 1.17. The van der Waals surface area contributed by atoms with Gasteiger partial charge in [-0.1, -0.05) is 0 Å². The molecule has 0 unspecified atom stereocenters. The van der Waals surface area contributed by atoms with Gasteiger partial charge in [0, 0.05) is 12.0 Å². The Balaban J connectivity index is 0. The molecule has 0 aromatic heterocycles. The molecule has 102 valence electrons. The van der Waals surface area contributed by atoms with Crippen molar-refractivity contribution < 1.29 is 14.3 Å². The van der Waals surface area contributed by atoms with E-state index in [0.717, 1.165) is 0 Å². The Morgan fingerprint density at radius 2 is 1.71 bits per heavy atom. The molecule has 0 fully saturated rings. The third-order valence-electron chi connectivity index (χ3n) is 1.85. The molecular formula is C11H23ClN2O3. The lowest BCUT2D eigenvalue weighted by Crippen LogP contribution is -2.52. The summed E-state index contributed by atoms with van der Waals surface area (Å²) in [6.07, 6.45) is 0.163. The van der Waals surface area contributed by atoms with Gasteiger partial charge in [-0.15, -0.1) is 12.4 Å². The summed E-state index contributed by atoms with van der Waals surface area (Å²) < 4.78 is 4.85. The number of nitrogens with two attached hydrogens (primary N) is 1. The highest BCUT2D eigenvalue weighted by molar-refractivity contribution is 5.87. The van der Waals surface area contributed by atoms with Gasteiger partial charge in [-0.3, -0.25) is 4.79 Å². The minimum atomic E-state index is -1.02. The van der Waals surface area contributed by atoms with Crippen LogP contribution in [0, 0.1) is 0 Å². The SMILES string of the molecule is CCOC(=O)C(C)(C)NC(=O)CC(C)(C)N.Cl. The Morgan fingerprint density at radius 1 is 1.24 bits per heavy atom. The van der Waals surface area contributed by atoms with Crippen molar-refractivity contribution in [2.24, 2.45) is 5.73 Å². The first-order chi connectivity index (χ1) is 7.08. The van der Waals surface area contributed by atoms with Crippen LogP contribution in [-0.2, 0) is 14.3 Å². The molecule has 5 nitrogen and oxygen atoms in total. The number of hydrogen-bond donors (Lipinski definition) is 2. The number of nitrogens with one attached hydrogen (secondary N) is 1. The maximum atomic E-state index is 11.6. The molecule has 0 bridgehead atoms. The van der Waals surface area contributed by atoms with E-state index < -0.39 is 17.0 Å². The number of halogens is 1. The summed E-state index contributed by atoms with van der Waals surface area (Å²) in [6, 6.07) is 0. The first-order valence-corrected chi connectivity index (χ1v) is 5.35. The number of hydrogen-bond acceptors (Lipinski definition) is 4. The standard InChI is InChI=1S/C11H22N2O3.ClH/c1-6-16-9(15)11(4,5)13-8(14)7-10(2,3)12;/h6-7,12H2,1-5H3,(H,13,14);1H. The van der Waals surface area contributed by atoms with Gasteiger partial charge in [-0.2, -0.15) is 0 Å². The Labute approximate surface area is 109 Å². The van der Waals surface area contributed by atoms with Crippen molar-refractivity contribution in [2.75, 3.05) is 6.61 Å². The van der Waals surface area contributed by atoms with Gasteiger partial charge in [0.05, 0.1) is 6.61 Å². The number of amides is 1. The second-order valence-corrected chi connectivity index (χ2v) is 5.06. The van der Waals surface area contributed by atoms with Crippen molar-refractivity contribution in [2.45, 2.75) is 52.1 Å². The first kappa shape index (κ1) is 18.6. The smallest absolute Gasteiger partial charge is 0.331 e. The molecule has 0 aliphatic heterocycles. The molecule has 0 aliphatic carbocycles. The lowest BCUT2D eigenvalue weighted by molar-refractivity contribution is -0.151. The molecule has 0 aromatic rings. The van der Waals surface area contributed by atoms with Gasteiger partial charge < -0.3 is 15.8 Å². The Hall–Kier alpha value is -0.810. The highest BCUT2D eigenvalue weighted by atomic mass is 35.5. The molecular weight excluding hydrogens is 244 g/mol. The van der Waals surface area contributed by atoms with Gasteiger partial charge in [0.2, 0.25) is 5.91 Å². The normalized spacial score (nSPS) is 11.4. The molecule has 0 aliphatic rings. The van der Waals surface area contributed by atoms with Crippen molar-refractivity contribution in [3.8, 4) is 0 Å². The third-order valence-corrected chi connectivity index (χ3v) is 1.85. The highest BCUT2D eigenvalue weighted by Crippen LogP contribution is 2.09. The van der Waals surface area contributed by atoms with Crippen molar-refractivity contribution in [3.63, 3.8) is 0 Å². The number of carbonyl (C=O) groups excluding carboxylic acids is 2. The summed E-state index contributed by atoms with van der Waals surface area (Å²) in [5.74, 6) is -0.705. The van der Waals surface area contributed by atoms with E-state index in [4.69, 9.17) is 10.5 Å². The van der Waals surface area contributed by atoms with Crippen LogP contribution in [0.5, 0.6) is 0 Å². The lowest BCUT2D eigenvalue weighted by atomic mass is 10.00. The molecule has 1 amide bonds. The fraction of sp³-hybridized carbons (Fsp3) is 0.818. The molecule has 0 radical (unpaired) electrons. The van der Waals surface area contributed by atoms with Crippen LogP contribution < -0.4 is 11.1 Å². The van der Waals surface area contributed by atoms with Crippen LogP contribution in [0.2, 0.25) is 0 Å². The van der Waals surface area contributed by atoms with Gasteiger partial charge in [0.15, 0.2) is 0 Å². The summed E-state index contributed by atoms with van der Waals surface area (Å²) in [5, 5.41) is 2.60. The highest BCUT2D eigenvalue weighted by Gasteiger charge is 2.31. The van der Waals surface area contributed by atoms with Gasteiger partial charge in [-0.05, 0) is 34.6 Å². The molecule has 0 spiro atoms. The lowest BCUT2D eigenvalue weighted by Gasteiger charge is -2.26. The second kappa shape index (κ2) is 6.81. The van der Waals surface area contributed by atoms with Gasteiger partial charge in [0.25, 0.3) is 0 Å². The van der Waals surface area contributed by atoms with Gasteiger partial charge >= 0.3 is 5.97 Å². The maximum absolute atomic E-state index is 11.6. The zero-order chi connectivity index (χ0) is 13.0. The molecule has 0 aromatic carbocycles. The molecule has 0 heterocycles. The van der Waals surface area contributed by atoms with Crippen LogP contribution in [0.1, 0.15) is 41.0 Å². The van der Waals surface area contributed by atoms with Crippen molar-refractivity contribution >= 4 is 24.3 Å². The summed E-state index contributed by atoms with van der Waals surface area (Å²) >= 11 is 0. The van der Waals surface area contributed by atoms with E-state index in [1.165, 1.54) is 0 Å². The van der Waals surface area contributed by atoms with E-state index in [1.807, 2.05) is 0 Å². The van der Waals surface area contributed by atoms with Crippen LogP contribution in [0.3, 0.4) is 0 Å². The van der Waals surface area contributed by atoms with E-state index in [2.05, 4.69) is 5.32 Å². The Bertz CT molecular complexity index is 272. The molecule has 0 saturated heterocycles. The van der Waals surface area contributed by atoms with Crippen LogP contribution in [0.15, 0.2) is 0 Å². The zero-order valence-corrected chi connectivity index (χ0v) is 11.9. The van der Waals surface area contributed by atoms with E-state index in [1.54, 1.807) is 34.6 Å². The van der Waals surface area contributed by atoms with Crippen molar-refractivity contribution in [3.05, 3.63) is 0 Å². The quantitative estimate of drug-likeness (QED) is 0.727. The number of carbonyl (C=O) groups is 2. The predicted octanol–water partition coefficient (Wildman–Crippen LogP) is 0.994. The van der Waals surface area contributed by atoms with E-state index in [9.17, 15) is 9.59 Å².